The normalized spacial score (nSPS) is 13.0. The highest BCUT2D eigenvalue weighted by Gasteiger charge is 2.17. The predicted molar refractivity (Wildman–Crippen MR) is 84.3 cm³/mol. The Hall–Kier alpha value is -1.75. The maximum absolute atomic E-state index is 12.1. The van der Waals surface area contributed by atoms with E-state index in [1.54, 1.807) is 25.3 Å². The molecule has 0 aliphatic carbocycles. The van der Waals surface area contributed by atoms with Crippen LogP contribution in [0.1, 0.15) is 26.0 Å². The molecule has 0 amide bonds. The van der Waals surface area contributed by atoms with Gasteiger partial charge in [-0.3, -0.25) is 0 Å². The summed E-state index contributed by atoms with van der Waals surface area (Å²) in [6, 6.07) is 11.0. The molecule has 2 rings (SSSR count). The Morgan fingerprint density at radius 3 is 2.62 bits per heavy atom. The van der Waals surface area contributed by atoms with Gasteiger partial charge in [0.2, 0.25) is 0 Å². The first kappa shape index (κ1) is 15.6. The van der Waals surface area contributed by atoms with Gasteiger partial charge in [0.25, 0.3) is 0 Å². The molecule has 1 heterocycles. The summed E-state index contributed by atoms with van der Waals surface area (Å²) in [5.41, 5.74) is 0.672. The van der Waals surface area contributed by atoms with Crippen LogP contribution in [0.2, 0.25) is 0 Å². The summed E-state index contributed by atoms with van der Waals surface area (Å²) < 4.78 is 29.5. The molecule has 1 atom stereocenters. The van der Waals surface area contributed by atoms with Crippen molar-refractivity contribution in [2.75, 3.05) is 11.1 Å². The molecule has 4 nitrogen and oxygen atoms in total. The van der Waals surface area contributed by atoms with Crippen LogP contribution in [0.3, 0.4) is 0 Å². The molecule has 1 aromatic carbocycles. The number of nitrogens with one attached hydrogen (secondary N) is 1. The molecular formula is C16H21NO3S. The Morgan fingerprint density at radius 2 is 1.95 bits per heavy atom. The third-order valence-corrected chi connectivity index (χ3v) is 5.19. The van der Waals surface area contributed by atoms with E-state index in [9.17, 15) is 8.42 Å². The van der Waals surface area contributed by atoms with Gasteiger partial charge in [0.15, 0.2) is 9.84 Å². The molecule has 0 aliphatic heterocycles. The van der Waals surface area contributed by atoms with Crippen molar-refractivity contribution in [1.29, 1.82) is 0 Å². The fourth-order valence-corrected chi connectivity index (χ4v) is 3.22. The van der Waals surface area contributed by atoms with Crippen LogP contribution in [0, 0.1) is 0 Å². The molecule has 1 aromatic heterocycles. The first-order valence-electron chi connectivity index (χ1n) is 7.13. The van der Waals surface area contributed by atoms with Gasteiger partial charge in [-0.2, -0.15) is 0 Å². The molecule has 21 heavy (non-hydrogen) atoms. The van der Waals surface area contributed by atoms with Crippen LogP contribution >= 0.6 is 0 Å². The van der Waals surface area contributed by atoms with E-state index < -0.39 is 9.84 Å². The largest absolute Gasteiger partial charge is 0.469 e. The Labute approximate surface area is 126 Å². The average Bonchev–Trinajstić information content (AvgIpc) is 2.99. The van der Waals surface area contributed by atoms with Crippen LogP contribution < -0.4 is 5.32 Å². The van der Waals surface area contributed by atoms with Crippen LogP contribution in [-0.2, 0) is 16.3 Å². The minimum atomic E-state index is -3.21. The van der Waals surface area contributed by atoms with Crippen molar-refractivity contribution in [3.63, 3.8) is 0 Å². The number of sulfone groups is 1. The molecule has 0 radical (unpaired) electrons. The number of furan rings is 1. The number of rotatable bonds is 7. The van der Waals surface area contributed by atoms with E-state index in [0.717, 1.165) is 18.6 Å². The minimum Gasteiger partial charge on any atom is -0.469 e. The molecule has 114 valence electrons. The first-order valence-corrected chi connectivity index (χ1v) is 8.79. The number of para-hydroxylation sites is 1. The first-order chi connectivity index (χ1) is 10.0. The zero-order valence-electron chi connectivity index (χ0n) is 12.4. The van der Waals surface area contributed by atoms with Gasteiger partial charge in [-0.25, -0.2) is 8.42 Å². The molecule has 0 bridgehead atoms. The second kappa shape index (κ2) is 6.80. The second-order valence-electron chi connectivity index (χ2n) is 5.06. The van der Waals surface area contributed by atoms with Crippen LogP contribution in [0.5, 0.6) is 0 Å². The second-order valence-corrected chi connectivity index (χ2v) is 7.31. The van der Waals surface area contributed by atoms with Crippen LogP contribution in [0.4, 0.5) is 5.69 Å². The lowest BCUT2D eigenvalue weighted by Gasteiger charge is -2.17. The van der Waals surface area contributed by atoms with Crippen molar-refractivity contribution in [2.24, 2.45) is 0 Å². The molecule has 2 aromatic rings. The Balaban J connectivity index is 2.05. The lowest BCUT2D eigenvalue weighted by atomic mass is 10.1. The van der Waals surface area contributed by atoms with Gasteiger partial charge in [0, 0.05) is 12.5 Å². The zero-order valence-corrected chi connectivity index (χ0v) is 13.2. The standard InChI is InChI=1S/C16H21NO3S/c1-3-21(18,19)16-9-5-4-8-15(16)17-13(2)10-11-14-7-6-12-20-14/h4-9,12-13,17H,3,10-11H2,1-2H3. The summed E-state index contributed by atoms with van der Waals surface area (Å²) in [6.45, 7) is 3.70. The van der Waals surface area contributed by atoms with E-state index >= 15 is 0 Å². The van der Waals surface area contributed by atoms with Crippen molar-refractivity contribution in [1.82, 2.24) is 0 Å². The van der Waals surface area contributed by atoms with Gasteiger partial charge in [-0.05, 0) is 37.6 Å². The third-order valence-electron chi connectivity index (χ3n) is 3.41. The number of hydrogen-bond acceptors (Lipinski definition) is 4. The number of benzene rings is 1. The van der Waals surface area contributed by atoms with E-state index in [1.165, 1.54) is 0 Å². The SMILES string of the molecule is CCS(=O)(=O)c1ccccc1NC(C)CCc1ccco1. The summed E-state index contributed by atoms with van der Waals surface area (Å²) >= 11 is 0. The molecule has 1 unspecified atom stereocenters. The summed E-state index contributed by atoms with van der Waals surface area (Å²) in [4.78, 5) is 0.373. The van der Waals surface area contributed by atoms with Gasteiger partial charge in [0.1, 0.15) is 5.76 Å². The van der Waals surface area contributed by atoms with Gasteiger partial charge < -0.3 is 9.73 Å². The van der Waals surface area contributed by atoms with Crippen LogP contribution in [0.25, 0.3) is 0 Å². The quantitative estimate of drug-likeness (QED) is 0.850. The molecule has 5 heteroatoms. The highest BCUT2D eigenvalue weighted by Crippen LogP contribution is 2.23. The topological polar surface area (TPSA) is 59.3 Å². The molecule has 1 N–H and O–H groups in total. The molecule has 0 fully saturated rings. The Kier molecular flexibility index (Phi) is 5.07. The van der Waals surface area contributed by atoms with Gasteiger partial charge >= 0.3 is 0 Å². The predicted octanol–water partition coefficient (Wildman–Crippen LogP) is 3.51. The molecule has 0 spiro atoms. The molecule has 0 aliphatic rings. The van der Waals surface area contributed by atoms with Crippen LogP contribution in [-0.4, -0.2) is 20.2 Å². The lowest BCUT2D eigenvalue weighted by Crippen LogP contribution is -2.18. The number of anilines is 1. The van der Waals surface area contributed by atoms with Gasteiger partial charge in [-0.15, -0.1) is 0 Å². The summed E-state index contributed by atoms with van der Waals surface area (Å²) in [6.07, 6.45) is 3.36. The van der Waals surface area contributed by atoms with E-state index in [-0.39, 0.29) is 11.8 Å². The summed E-state index contributed by atoms with van der Waals surface area (Å²) in [7, 11) is -3.21. The lowest BCUT2D eigenvalue weighted by molar-refractivity contribution is 0.495. The fraction of sp³-hybridized carbons (Fsp3) is 0.375. The molecule has 0 saturated heterocycles. The van der Waals surface area contributed by atoms with Crippen molar-refractivity contribution in [3.8, 4) is 0 Å². The highest BCUT2D eigenvalue weighted by molar-refractivity contribution is 7.91. The Morgan fingerprint density at radius 1 is 1.19 bits per heavy atom. The summed E-state index contributed by atoms with van der Waals surface area (Å²) in [5, 5.41) is 3.29. The molecule has 0 saturated carbocycles. The zero-order chi connectivity index (χ0) is 15.3. The third kappa shape index (κ3) is 4.11. The monoisotopic (exact) mass is 307 g/mol. The number of hydrogen-bond donors (Lipinski definition) is 1. The van der Waals surface area contributed by atoms with E-state index in [2.05, 4.69) is 5.32 Å². The van der Waals surface area contributed by atoms with Crippen molar-refractivity contribution < 1.29 is 12.8 Å². The van der Waals surface area contributed by atoms with E-state index in [4.69, 9.17) is 4.42 Å². The maximum atomic E-state index is 12.1. The average molecular weight is 307 g/mol. The van der Waals surface area contributed by atoms with Crippen LogP contribution in [0.15, 0.2) is 52.0 Å². The van der Waals surface area contributed by atoms with E-state index in [1.807, 2.05) is 31.2 Å². The van der Waals surface area contributed by atoms with Gasteiger partial charge in [-0.1, -0.05) is 19.1 Å². The minimum absolute atomic E-state index is 0.104. The van der Waals surface area contributed by atoms with Crippen molar-refractivity contribution in [2.45, 2.75) is 37.6 Å². The maximum Gasteiger partial charge on any atom is 0.180 e. The Bertz CT molecular complexity index is 663. The van der Waals surface area contributed by atoms with Crippen molar-refractivity contribution >= 4 is 15.5 Å². The summed E-state index contributed by atoms with van der Waals surface area (Å²) in [5.74, 6) is 1.05. The van der Waals surface area contributed by atoms with Crippen molar-refractivity contribution in [3.05, 3.63) is 48.4 Å². The smallest absolute Gasteiger partial charge is 0.180 e. The molecular weight excluding hydrogens is 286 g/mol. The van der Waals surface area contributed by atoms with Gasteiger partial charge in [0.05, 0.1) is 22.6 Å². The fourth-order valence-electron chi connectivity index (χ4n) is 2.16. The highest BCUT2D eigenvalue weighted by atomic mass is 32.2. The number of aryl methyl sites for hydroxylation is 1. The van der Waals surface area contributed by atoms with E-state index in [0.29, 0.717) is 10.6 Å².